The Balaban J connectivity index is 4.24. The molecule has 264 valence electrons. The minimum Gasteiger partial charge on any atom is -0.338 e. The summed E-state index contributed by atoms with van der Waals surface area (Å²) >= 11 is 0. The Bertz CT molecular complexity index is 690. The van der Waals surface area contributed by atoms with Gasteiger partial charge in [-0.1, -0.05) is 149 Å². The van der Waals surface area contributed by atoms with E-state index in [2.05, 4.69) is 19.2 Å². The lowest BCUT2D eigenvalue weighted by Crippen LogP contribution is -2.42. The summed E-state index contributed by atoms with van der Waals surface area (Å²) < 4.78 is 23.3. The maximum atomic E-state index is 13.0. The van der Waals surface area contributed by atoms with Gasteiger partial charge in [0.15, 0.2) is 0 Å². The topological polar surface area (TPSA) is 88.1 Å². The summed E-state index contributed by atoms with van der Waals surface area (Å²) in [6.07, 6.45) is 29.4. The van der Waals surface area contributed by atoms with Gasteiger partial charge in [-0.25, -0.2) is 9.36 Å². The summed E-state index contributed by atoms with van der Waals surface area (Å²) in [5.41, 5.74) is 0. The van der Waals surface area contributed by atoms with Gasteiger partial charge in [0.25, 0.3) is 0 Å². The Labute approximate surface area is 273 Å². The van der Waals surface area contributed by atoms with Crippen LogP contribution in [0.3, 0.4) is 0 Å². The van der Waals surface area contributed by atoms with Crippen LogP contribution in [0, 0.1) is 0 Å². The second-order valence-electron chi connectivity index (χ2n) is 13.8. The van der Waals surface area contributed by atoms with Crippen molar-refractivity contribution in [2.75, 3.05) is 60.5 Å². The number of phosphoric acid groups is 1. The molecule has 0 aromatic carbocycles. The first kappa shape index (κ1) is 43.3. The molecule has 8 nitrogen and oxygen atoms in total. The van der Waals surface area contributed by atoms with Crippen LogP contribution < -0.4 is 5.32 Å². The first-order valence-electron chi connectivity index (χ1n) is 18.6. The number of quaternary nitrogens is 1. The van der Waals surface area contributed by atoms with Gasteiger partial charge in [-0.2, -0.15) is 0 Å². The highest BCUT2D eigenvalue weighted by Gasteiger charge is 2.23. The molecule has 9 heteroatoms. The maximum Gasteiger partial charge on any atom is 0.472 e. The third kappa shape index (κ3) is 31.3. The molecule has 0 bridgehead atoms. The van der Waals surface area contributed by atoms with Crippen molar-refractivity contribution in [2.24, 2.45) is 0 Å². The monoisotopic (exact) mass is 649 g/mol. The molecular weight excluding hydrogens is 573 g/mol. The van der Waals surface area contributed by atoms with Crippen molar-refractivity contribution in [3.8, 4) is 0 Å². The number of phosphoric ester groups is 1. The first-order chi connectivity index (χ1) is 21.1. The van der Waals surface area contributed by atoms with Crippen molar-refractivity contribution in [2.45, 2.75) is 162 Å². The van der Waals surface area contributed by atoms with Crippen molar-refractivity contribution < 1.29 is 27.8 Å². The summed E-state index contributed by atoms with van der Waals surface area (Å²) in [7, 11) is 1.84. The zero-order valence-electron chi connectivity index (χ0n) is 29.9. The van der Waals surface area contributed by atoms with Gasteiger partial charge in [0, 0.05) is 19.6 Å². The van der Waals surface area contributed by atoms with Crippen LogP contribution in [0.4, 0.5) is 4.79 Å². The fourth-order valence-corrected chi connectivity index (χ4v) is 5.99. The SMILES string of the molecule is CCCCCCCCCCCCCCCCNC(=O)N(CCCCCCCCCCC)CCOP(=O)(O)OCC[N+](C)(C)C. The number of nitrogens with zero attached hydrogens (tertiary/aromatic N) is 2. The molecule has 0 aromatic heterocycles. The molecule has 0 saturated carbocycles. The predicted octanol–water partition coefficient (Wildman–Crippen LogP) is 9.85. The molecule has 2 amide bonds. The van der Waals surface area contributed by atoms with Crippen LogP contribution in [0.5, 0.6) is 0 Å². The fraction of sp³-hybridized carbons (Fsp3) is 0.971. The highest BCUT2D eigenvalue weighted by Crippen LogP contribution is 2.42. The molecule has 0 aliphatic heterocycles. The molecule has 1 unspecified atom stereocenters. The summed E-state index contributed by atoms with van der Waals surface area (Å²) in [5, 5.41) is 3.07. The number of amides is 2. The number of carbonyl (C=O) groups is 1. The van der Waals surface area contributed by atoms with Crippen molar-refractivity contribution in [1.82, 2.24) is 10.2 Å². The van der Waals surface area contributed by atoms with E-state index in [0.29, 0.717) is 24.1 Å². The van der Waals surface area contributed by atoms with Gasteiger partial charge in [0.1, 0.15) is 13.2 Å². The number of hydrogen-bond donors (Lipinski definition) is 2. The minimum absolute atomic E-state index is 0.0259. The molecule has 0 heterocycles. The normalized spacial score (nSPS) is 13.2. The largest absolute Gasteiger partial charge is 0.472 e. The zero-order valence-corrected chi connectivity index (χ0v) is 30.8. The molecule has 1 atom stereocenters. The quantitative estimate of drug-likeness (QED) is 0.0420. The fourth-order valence-electron chi connectivity index (χ4n) is 5.29. The number of rotatable bonds is 33. The number of carbonyl (C=O) groups excluding carboxylic acids is 1. The van der Waals surface area contributed by atoms with Crippen molar-refractivity contribution >= 4 is 13.9 Å². The summed E-state index contributed by atoms with van der Waals surface area (Å²) in [5.74, 6) is 0. The molecule has 0 aliphatic rings. The van der Waals surface area contributed by atoms with E-state index in [1.807, 2.05) is 21.1 Å². The van der Waals surface area contributed by atoms with E-state index in [4.69, 9.17) is 9.05 Å². The zero-order chi connectivity index (χ0) is 32.8. The van der Waals surface area contributed by atoms with Gasteiger partial charge in [-0.05, 0) is 12.8 Å². The van der Waals surface area contributed by atoms with Gasteiger partial charge < -0.3 is 19.6 Å². The van der Waals surface area contributed by atoms with Crippen LogP contribution in [0.25, 0.3) is 0 Å². The Morgan fingerprint density at radius 3 is 1.43 bits per heavy atom. The molecule has 0 aromatic rings. The lowest BCUT2D eigenvalue weighted by atomic mass is 10.0. The van der Waals surface area contributed by atoms with E-state index in [-0.39, 0.29) is 25.8 Å². The molecule has 0 spiro atoms. The van der Waals surface area contributed by atoms with Crippen LogP contribution in [0.15, 0.2) is 0 Å². The summed E-state index contributed by atoms with van der Waals surface area (Å²) in [4.78, 5) is 24.8. The van der Waals surface area contributed by atoms with Gasteiger partial charge in [-0.15, -0.1) is 0 Å². The predicted molar refractivity (Wildman–Crippen MR) is 187 cm³/mol. The van der Waals surface area contributed by atoms with Gasteiger partial charge in [0.05, 0.1) is 27.7 Å². The highest BCUT2D eigenvalue weighted by atomic mass is 31.2. The minimum atomic E-state index is -4.14. The van der Waals surface area contributed by atoms with Gasteiger partial charge in [-0.3, -0.25) is 9.05 Å². The smallest absolute Gasteiger partial charge is 0.338 e. The molecule has 0 saturated heterocycles. The lowest BCUT2D eigenvalue weighted by molar-refractivity contribution is -0.870. The Morgan fingerprint density at radius 2 is 1.00 bits per heavy atom. The number of unbranched alkanes of at least 4 members (excludes halogenated alkanes) is 21. The average molecular weight is 649 g/mol. The second-order valence-corrected chi connectivity index (χ2v) is 15.2. The molecule has 0 rings (SSSR count). The third-order valence-electron chi connectivity index (χ3n) is 8.26. The van der Waals surface area contributed by atoms with Crippen molar-refractivity contribution in [1.29, 1.82) is 0 Å². The first-order valence-corrected chi connectivity index (χ1v) is 20.1. The number of likely N-dealkylation sites (N-methyl/N-ethyl adjacent to an activating group) is 1. The van der Waals surface area contributed by atoms with E-state index >= 15 is 0 Å². The van der Waals surface area contributed by atoms with E-state index in [0.717, 1.165) is 25.7 Å². The lowest BCUT2D eigenvalue weighted by Gasteiger charge is -2.25. The average Bonchev–Trinajstić information content (AvgIpc) is 2.96. The van der Waals surface area contributed by atoms with E-state index in [9.17, 15) is 14.3 Å². The number of nitrogens with one attached hydrogen (secondary N) is 1. The van der Waals surface area contributed by atoms with Crippen molar-refractivity contribution in [3.63, 3.8) is 0 Å². The van der Waals surface area contributed by atoms with E-state index in [1.54, 1.807) is 4.90 Å². The summed E-state index contributed by atoms with van der Waals surface area (Å²) in [6.45, 7) is 6.78. The molecule has 0 radical (unpaired) electrons. The summed E-state index contributed by atoms with van der Waals surface area (Å²) in [6, 6.07) is -0.110. The third-order valence-corrected chi connectivity index (χ3v) is 9.28. The molecule has 44 heavy (non-hydrogen) atoms. The Kier molecular flexibility index (Phi) is 29.3. The maximum absolute atomic E-state index is 13.0. The Hall–Kier alpha value is -0.660. The molecule has 2 N–H and O–H groups in total. The molecule has 0 fully saturated rings. The van der Waals surface area contributed by atoms with Crippen LogP contribution in [-0.4, -0.2) is 80.8 Å². The highest BCUT2D eigenvalue weighted by molar-refractivity contribution is 7.47. The van der Waals surface area contributed by atoms with Crippen LogP contribution >= 0.6 is 7.82 Å². The Morgan fingerprint density at radius 1 is 0.614 bits per heavy atom. The standard InChI is InChI=1S/C35H74N3O5P/c1-6-8-10-12-14-16-17-18-19-20-21-23-25-27-29-36-35(39)37(30-28-26-24-22-15-13-11-9-7-2)31-33-42-44(40,41)43-34-32-38(3,4)5/h6-34H2,1-5H3,(H-,36,39,40,41)/p+1. The van der Waals surface area contributed by atoms with Crippen LogP contribution in [0.1, 0.15) is 162 Å². The van der Waals surface area contributed by atoms with E-state index in [1.165, 1.54) is 122 Å². The number of hydrogen-bond acceptors (Lipinski definition) is 4. The van der Waals surface area contributed by atoms with Gasteiger partial charge in [0.2, 0.25) is 0 Å². The van der Waals surface area contributed by atoms with Crippen LogP contribution in [0.2, 0.25) is 0 Å². The number of urea groups is 1. The van der Waals surface area contributed by atoms with Crippen LogP contribution in [-0.2, 0) is 13.6 Å². The van der Waals surface area contributed by atoms with E-state index < -0.39 is 7.82 Å². The second kappa shape index (κ2) is 29.7. The van der Waals surface area contributed by atoms with Gasteiger partial charge >= 0.3 is 13.9 Å². The van der Waals surface area contributed by atoms with Crippen molar-refractivity contribution in [3.05, 3.63) is 0 Å². The molecular formula is C35H75N3O5P+. The molecule has 0 aliphatic carbocycles.